The van der Waals surface area contributed by atoms with E-state index >= 15 is 0 Å². The zero-order valence-electron chi connectivity index (χ0n) is 24.2. The number of benzene rings is 1. The number of nitro groups is 2. The summed E-state index contributed by atoms with van der Waals surface area (Å²) in [5.74, 6) is 1.33. The van der Waals surface area contributed by atoms with E-state index < -0.39 is 21.1 Å². The number of nitro benzene ring substituents is 2. The van der Waals surface area contributed by atoms with Crippen LogP contribution < -0.4 is 5.43 Å². The monoisotopic (exact) mass is 568 g/mol. The lowest BCUT2D eigenvalue weighted by atomic mass is 9.47. The molecule has 3 saturated carbocycles. The number of allylic oxidation sites excluding steroid dienone is 1. The third-order valence-corrected chi connectivity index (χ3v) is 11.0. The Morgan fingerprint density at radius 2 is 1.90 bits per heavy atom. The molecule has 5 rings (SSSR count). The highest BCUT2D eigenvalue weighted by Crippen LogP contribution is 2.67. The molecule has 3 fully saturated rings. The Bertz CT molecular complexity index is 1310. The van der Waals surface area contributed by atoms with E-state index in [1.54, 1.807) is 6.92 Å². The Balaban J connectivity index is 1.31. The van der Waals surface area contributed by atoms with Gasteiger partial charge in [-0.25, -0.2) is 0 Å². The normalized spacial score (nSPS) is 35.8. The molecule has 0 heterocycles. The van der Waals surface area contributed by atoms with Gasteiger partial charge >= 0.3 is 11.7 Å². The van der Waals surface area contributed by atoms with Gasteiger partial charge in [0.1, 0.15) is 17.4 Å². The maximum atomic E-state index is 11.7. The largest absolute Gasteiger partial charge is 0.462 e. The summed E-state index contributed by atoms with van der Waals surface area (Å²) in [6, 6.07) is 3.32. The van der Waals surface area contributed by atoms with Crippen LogP contribution in [0.5, 0.6) is 0 Å². The minimum absolute atomic E-state index is 0.0186. The van der Waals surface area contributed by atoms with E-state index in [9.17, 15) is 30.1 Å². The van der Waals surface area contributed by atoms with Gasteiger partial charge in [0.15, 0.2) is 0 Å². The van der Waals surface area contributed by atoms with Crippen LogP contribution in [-0.2, 0) is 9.53 Å². The van der Waals surface area contributed by atoms with Crippen molar-refractivity contribution in [1.29, 1.82) is 0 Å². The molecule has 1 aromatic carbocycles. The average molecular weight is 569 g/mol. The summed E-state index contributed by atoms with van der Waals surface area (Å²) in [6.45, 7) is 7.94. The van der Waals surface area contributed by atoms with Gasteiger partial charge < -0.3 is 9.84 Å². The Hall–Kier alpha value is -3.34. The van der Waals surface area contributed by atoms with Crippen LogP contribution in [0.2, 0.25) is 0 Å². The second-order valence-corrected chi connectivity index (χ2v) is 13.2. The minimum Gasteiger partial charge on any atom is -0.462 e. The molecule has 0 aromatic heterocycles. The molecule has 4 aliphatic rings. The van der Waals surface area contributed by atoms with Crippen molar-refractivity contribution in [1.82, 2.24) is 0 Å². The van der Waals surface area contributed by atoms with Crippen LogP contribution in [-0.4, -0.2) is 38.8 Å². The van der Waals surface area contributed by atoms with Gasteiger partial charge in [-0.2, -0.15) is 5.10 Å². The zero-order chi connectivity index (χ0) is 29.7. The van der Waals surface area contributed by atoms with Gasteiger partial charge in [-0.3, -0.25) is 30.4 Å². The van der Waals surface area contributed by atoms with Crippen molar-refractivity contribution in [3.8, 4) is 0 Å². The molecule has 222 valence electrons. The number of rotatable bonds is 7. The Morgan fingerprint density at radius 3 is 2.59 bits per heavy atom. The summed E-state index contributed by atoms with van der Waals surface area (Å²) in [7, 11) is 0. The van der Waals surface area contributed by atoms with Crippen LogP contribution >= 0.6 is 0 Å². The van der Waals surface area contributed by atoms with E-state index in [0.717, 1.165) is 57.4 Å². The van der Waals surface area contributed by atoms with Gasteiger partial charge in [-0.1, -0.05) is 25.5 Å². The number of aliphatic hydroxyl groups is 1. The first-order chi connectivity index (χ1) is 19.3. The molecule has 8 unspecified atom stereocenters. The smallest absolute Gasteiger partial charge is 0.302 e. The van der Waals surface area contributed by atoms with Gasteiger partial charge in [-0.05, 0) is 92.4 Å². The molecular formula is C30H40N4O7. The SMILES string of the molecule is CC(=O)OC1CCC2(C)C(=CCC3C2CCC2(C)C3CCC2C(C)(O)C=NNc2ccc([N+](=O)[O-])cc2[N+](=O)[O-])C1. The molecule has 1 aromatic rings. The fourth-order valence-corrected chi connectivity index (χ4v) is 9.12. The first-order valence-corrected chi connectivity index (χ1v) is 14.6. The first kappa shape index (κ1) is 29.2. The van der Waals surface area contributed by atoms with Crippen molar-refractivity contribution in [2.45, 2.75) is 90.8 Å². The molecule has 0 spiro atoms. The Labute approximate surface area is 239 Å². The molecule has 11 nitrogen and oxygen atoms in total. The first-order valence-electron chi connectivity index (χ1n) is 14.6. The van der Waals surface area contributed by atoms with Gasteiger partial charge in [0.05, 0.1) is 22.1 Å². The fraction of sp³-hybridized carbons (Fsp3) is 0.667. The number of nitrogens with zero attached hydrogens (tertiary/aromatic N) is 3. The van der Waals surface area contributed by atoms with Crippen molar-refractivity contribution < 1.29 is 24.5 Å². The topological polar surface area (TPSA) is 157 Å². The average Bonchev–Trinajstić information content (AvgIpc) is 3.26. The quantitative estimate of drug-likeness (QED) is 0.130. The van der Waals surface area contributed by atoms with Crippen LogP contribution in [0, 0.1) is 54.7 Å². The molecular weight excluding hydrogens is 528 g/mol. The highest BCUT2D eigenvalue weighted by molar-refractivity contribution is 5.72. The van der Waals surface area contributed by atoms with E-state index in [1.807, 2.05) is 0 Å². The van der Waals surface area contributed by atoms with Crippen molar-refractivity contribution in [2.75, 3.05) is 5.43 Å². The molecule has 4 aliphatic carbocycles. The van der Waals surface area contributed by atoms with Gasteiger partial charge in [0.25, 0.3) is 5.69 Å². The standard InChI is InChI=1S/C30H40N4O7/c1-18(35)41-21-11-13-28(2)19(15-21)5-7-22-23-8-10-27(29(23,3)14-12-24(22)28)30(4,36)17-31-32-25-9-6-20(33(37)38)16-26(25)34(39)40/h5-6,9,16-17,21-24,27,32,36H,7-8,10-15H2,1-4H3. The number of hydrazone groups is 1. The number of esters is 1. The number of carbonyl (C=O) groups is 1. The van der Waals surface area contributed by atoms with Crippen molar-refractivity contribution in [3.63, 3.8) is 0 Å². The van der Waals surface area contributed by atoms with Crippen molar-refractivity contribution in [3.05, 3.63) is 50.1 Å². The van der Waals surface area contributed by atoms with E-state index in [2.05, 4.69) is 30.5 Å². The summed E-state index contributed by atoms with van der Waals surface area (Å²) >= 11 is 0. The van der Waals surface area contributed by atoms with Crippen LogP contribution in [0.1, 0.15) is 79.1 Å². The number of hydrogen-bond donors (Lipinski definition) is 2. The summed E-state index contributed by atoms with van der Waals surface area (Å²) in [6.07, 6.45) is 11.6. The number of carbonyl (C=O) groups excluding carboxylic acids is 1. The summed E-state index contributed by atoms with van der Waals surface area (Å²) in [5.41, 5.74) is 2.05. The summed E-state index contributed by atoms with van der Waals surface area (Å²) < 4.78 is 5.57. The van der Waals surface area contributed by atoms with E-state index in [4.69, 9.17) is 4.74 Å². The van der Waals surface area contributed by atoms with Crippen LogP contribution in [0.4, 0.5) is 17.1 Å². The van der Waals surface area contributed by atoms with E-state index in [0.29, 0.717) is 17.8 Å². The third kappa shape index (κ3) is 5.13. The highest BCUT2D eigenvalue weighted by atomic mass is 16.6. The lowest BCUT2D eigenvalue weighted by molar-refractivity contribution is -0.393. The molecule has 2 N–H and O–H groups in total. The Morgan fingerprint density at radius 1 is 1.15 bits per heavy atom. The second-order valence-electron chi connectivity index (χ2n) is 13.2. The zero-order valence-corrected chi connectivity index (χ0v) is 24.2. The van der Waals surface area contributed by atoms with Crippen molar-refractivity contribution >= 4 is 29.2 Å². The predicted molar refractivity (Wildman–Crippen MR) is 153 cm³/mol. The van der Waals surface area contributed by atoms with Crippen molar-refractivity contribution in [2.24, 2.45) is 39.6 Å². The highest BCUT2D eigenvalue weighted by Gasteiger charge is 2.61. The van der Waals surface area contributed by atoms with E-state index in [-0.39, 0.29) is 40.2 Å². The molecule has 0 aliphatic heterocycles. The fourth-order valence-electron chi connectivity index (χ4n) is 9.12. The third-order valence-electron chi connectivity index (χ3n) is 11.0. The summed E-state index contributed by atoms with van der Waals surface area (Å²) in [4.78, 5) is 32.7. The maximum Gasteiger partial charge on any atom is 0.302 e. The van der Waals surface area contributed by atoms with Crippen LogP contribution in [0.15, 0.2) is 34.9 Å². The molecule has 11 heteroatoms. The molecule has 0 saturated heterocycles. The minimum atomic E-state index is -1.25. The Kier molecular flexibility index (Phi) is 7.46. The molecule has 41 heavy (non-hydrogen) atoms. The van der Waals surface area contributed by atoms with Gasteiger partial charge in [0, 0.05) is 19.4 Å². The second kappa shape index (κ2) is 10.5. The van der Waals surface area contributed by atoms with Crippen LogP contribution in [0.25, 0.3) is 0 Å². The number of ether oxygens (including phenoxy) is 1. The number of non-ortho nitro benzene ring substituents is 1. The maximum absolute atomic E-state index is 11.7. The number of fused-ring (bicyclic) bond motifs is 5. The summed E-state index contributed by atoms with van der Waals surface area (Å²) in [5, 5.41) is 38.3. The lowest BCUT2D eigenvalue weighted by Gasteiger charge is -2.58. The van der Waals surface area contributed by atoms with E-state index in [1.165, 1.54) is 30.8 Å². The molecule has 0 amide bonds. The van der Waals surface area contributed by atoms with Gasteiger partial charge in [0.2, 0.25) is 0 Å². The number of nitrogens with one attached hydrogen (secondary N) is 1. The van der Waals surface area contributed by atoms with Crippen LogP contribution in [0.3, 0.4) is 0 Å². The molecule has 8 atom stereocenters. The molecule has 0 bridgehead atoms. The number of anilines is 1. The number of hydrogen-bond acceptors (Lipinski definition) is 9. The predicted octanol–water partition coefficient (Wildman–Crippen LogP) is 6.16. The van der Waals surface area contributed by atoms with Gasteiger partial charge in [-0.15, -0.1) is 0 Å². The lowest BCUT2D eigenvalue weighted by Crippen LogP contribution is -2.53. The molecule has 0 radical (unpaired) electrons.